The molecule has 4 heteroatoms. The zero-order chi connectivity index (χ0) is 10.1. The highest BCUT2D eigenvalue weighted by Crippen LogP contribution is 2.26. The molecule has 1 aliphatic rings. The molecule has 0 atom stereocenters. The molecule has 1 N–H and O–H groups in total. The van der Waals surface area contributed by atoms with Crippen LogP contribution in [-0.4, -0.2) is 22.3 Å². The van der Waals surface area contributed by atoms with Crippen molar-refractivity contribution in [2.45, 2.75) is 32.0 Å². The summed E-state index contributed by atoms with van der Waals surface area (Å²) in [6.07, 6.45) is 1.39. The molecule has 1 aromatic heterocycles. The maximum Gasteiger partial charge on any atom is 0.213 e. The van der Waals surface area contributed by atoms with Gasteiger partial charge in [-0.25, -0.2) is 4.98 Å². The summed E-state index contributed by atoms with van der Waals surface area (Å²) in [5.41, 5.74) is 0.919. The highest BCUT2D eigenvalue weighted by atomic mass is 79.9. The Hall–Kier alpha value is -0.610. The normalized spacial score (nSPS) is 25.6. The van der Waals surface area contributed by atoms with Crippen LogP contribution in [0.2, 0.25) is 0 Å². The van der Waals surface area contributed by atoms with Crippen molar-refractivity contribution in [2.75, 3.05) is 0 Å². The second-order valence-corrected chi connectivity index (χ2v) is 4.44. The van der Waals surface area contributed by atoms with Crippen LogP contribution in [0.3, 0.4) is 0 Å². The van der Waals surface area contributed by atoms with Crippen LogP contribution >= 0.6 is 15.9 Å². The van der Waals surface area contributed by atoms with Crippen molar-refractivity contribution in [1.82, 2.24) is 4.98 Å². The number of aliphatic hydroxyl groups is 1. The molecular formula is C10H12BrNO2. The summed E-state index contributed by atoms with van der Waals surface area (Å²) >= 11 is 3.38. The van der Waals surface area contributed by atoms with Gasteiger partial charge >= 0.3 is 0 Å². The summed E-state index contributed by atoms with van der Waals surface area (Å²) < 4.78 is 6.55. The van der Waals surface area contributed by atoms with Crippen molar-refractivity contribution in [1.29, 1.82) is 0 Å². The Morgan fingerprint density at radius 1 is 1.50 bits per heavy atom. The second-order valence-electron chi connectivity index (χ2n) is 3.58. The summed E-state index contributed by atoms with van der Waals surface area (Å²) in [5, 5.41) is 9.09. The smallest absolute Gasteiger partial charge is 0.213 e. The van der Waals surface area contributed by atoms with E-state index < -0.39 is 0 Å². The van der Waals surface area contributed by atoms with Crippen molar-refractivity contribution in [2.24, 2.45) is 0 Å². The van der Waals surface area contributed by atoms with E-state index in [0.717, 1.165) is 23.0 Å². The van der Waals surface area contributed by atoms with E-state index in [-0.39, 0.29) is 12.2 Å². The first-order chi connectivity index (χ1) is 6.65. The zero-order valence-electron chi connectivity index (χ0n) is 7.90. The second kappa shape index (κ2) is 3.87. The van der Waals surface area contributed by atoms with Crippen LogP contribution in [0.15, 0.2) is 16.6 Å². The molecule has 0 aromatic carbocycles. The lowest BCUT2D eigenvalue weighted by Gasteiger charge is -2.31. The molecule has 2 rings (SSSR count). The van der Waals surface area contributed by atoms with Crippen LogP contribution in [0.4, 0.5) is 0 Å². The number of aryl methyl sites for hydroxylation is 1. The highest BCUT2D eigenvalue weighted by Gasteiger charge is 2.29. The average Bonchev–Trinajstić information content (AvgIpc) is 2.09. The van der Waals surface area contributed by atoms with E-state index in [0.29, 0.717) is 5.88 Å². The topological polar surface area (TPSA) is 42.4 Å². The Labute approximate surface area is 91.2 Å². The molecule has 0 amide bonds. The van der Waals surface area contributed by atoms with Crippen molar-refractivity contribution >= 4 is 15.9 Å². The van der Waals surface area contributed by atoms with E-state index in [1.54, 1.807) is 0 Å². The average molecular weight is 258 g/mol. The summed E-state index contributed by atoms with van der Waals surface area (Å²) in [7, 11) is 0. The molecule has 1 aromatic rings. The van der Waals surface area contributed by atoms with E-state index in [9.17, 15) is 0 Å². The van der Waals surface area contributed by atoms with Crippen molar-refractivity contribution < 1.29 is 9.84 Å². The van der Waals surface area contributed by atoms with Crippen molar-refractivity contribution in [3.63, 3.8) is 0 Å². The number of ether oxygens (including phenoxy) is 1. The molecule has 0 unspecified atom stereocenters. The Morgan fingerprint density at radius 2 is 2.21 bits per heavy atom. The van der Waals surface area contributed by atoms with Crippen LogP contribution in [0, 0.1) is 6.92 Å². The van der Waals surface area contributed by atoms with E-state index in [1.165, 1.54) is 0 Å². The number of nitrogens with zero attached hydrogens (tertiary/aromatic N) is 1. The van der Waals surface area contributed by atoms with Crippen LogP contribution in [-0.2, 0) is 0 Å². The SMILES string of the molecule is Cc1nc(OC2CC(O)C2)ccc1Br. The molecule has 3 nitrogen and oxygen atoms in total. The molecule has 0 bridgehead atoms. The number of aliphatic hydroxyl groups excluding tert-OH is 1. The lowest BCUT2D eigenvalue weighted by molar-refractivity contribution is -0.0128. The molecule has 76 valence electrons. The first-order valence-electron chi connectivity index (χ1n) is 4.63. The number of aromatic nitrogens is 1. The lowest BCUT2D eigenvalue weighted by atomic mass is 9.92. The molecule has 1 aliphatic carbocycles. The zero-order valence-corrected chi connectivity index (χ0v) is 9.49. The number of rotatable bonds is 2. The van der Waals surface area contributed by atoms with Gasteiger partial charge in [0.05, 0.1) is 11.8 Å². The predicted octanol–water partition coefficient (Wildman–Crippen LogP) is 2.05. The standard InChI is InChI=1S/C10H12BrNO2/c1-6-9(11)2-3-10(12-6)14-8-4-7(13)5-8/h2-3,7-8,13H,4-5H2,1H3. The van der Waals surface area contributed by atoms with Gasteiger partial charge in [-0.3, -0.25) is 0 Å². The Bertz CT molecular complexity index is 337. The fourth-order valence-electron chi connectivity index (χ4n) is 1.39. The minimum absolute atomic E-state index is 0.137. The van der Waals surface area contributed by atoms with Crippen LogP contribution < -0.4 is 4.74 Å². The molecule has 0 spiro atoms. The summed E-state index contributed by atoms with van der Waals surface area (Å²) in [6, 6.07) is 3.76. The van der Waals surface area contributed by atoms with Crippen molar-refractivity contribution in [3.8, 4) is 5.88 Å². The highest BCUT2D eigenvalue weighted by molar-refractivity contribution is 9.10. The van der Waals surface area contributed by atoms with Gasteiger partial charge in [-0.1, -0.05) is 0 Å². The van der Waals surface area contributed by atoms with Gasteiger partial charge in [-0.2, -0.15) is 0 Å². The van der Waals surface area contributed by atoms with E-state index in [1.807, 2.05) is 19.1 Å². The Morgan fingerprint density at radius 3 is 2.79 bits per heavy atom. The van der Waals surface area contributed by atoms with Gasteiger partial charge in [0.2, 0.25) is 5.88 Å². The molecule has 14 heavy (non-hydrogen) atoms. The van der Waals surface area contributed by atoms with Gasteiger partial charge in [0, 0.05) is 23.4 Å². The summed E-state index contributed by atoms with van der Waals surface area (Å²) in [6.45, 7) is 1.92. The van der Waals surface area contributed by atoms with Gasteiger partial charge in [-0.15, -0.1) is 0 Å². The van der Waals surface area contributed by atoms with Crippen LogP contribution in [0.1, 0.15) is 18.5 Å². The van der Waals surface area contributed by atoms with Crippen molar-refractivity contribution in [3.05, 3.63) is 22.3 Å². The summed E-state index contributed by atoms with van der Waals surface area (Å²) in [4.78, 5) is 4.27. The van der Waals surface area contributed by atoms with Gasteiger partial charge in [0.25, 0.3) is 0 Å². The lowest BCUT2D eigenvalue weighted by Crippen LogP contribution is -2.37. The van der Waals surface area contributed by atoms with Gasteiger partial charge in [0.15, 0.2) is 0 Å². The molecular weight excluding hydrogens is 246 g/mol. The third kappa shape index (κ3) is 2.07. The minimum Gasteiger partial charge on any atom is -0.474 e. The van der Waals surface area contributed by atoms with Crippen LogP contribution in [0.5, 0.6) is 5.88 Å². The number of pyridine rings is 1. The molecule has 1 fully saturated rings. The minimum atomic E-state index is -0.184. The number of hydrogen-bond donors (Lipinski definition) is 1. The van der Waals surface area contributed by atoms with E-state index >= 15 is 0 Å². The maximum absolute atomic E-state index is 9.09. The predicted molar refractivity (Wildman–Crippen MR) is 56.3 cm³/mol. The largest absolute Gasteiger partial charge is 0.474 e. The van der Waals surface area contributed by atoms with E-state index in [4.69, 9.17) is 9.84 Å². The van der Waals surface area contributed by atoms with Gasteiger partial charge < -0.3 is 9.84 Å². The molecule has 0 saturated heterocycles. The van der Waals surface area contributed by atoms with Crippen LogP contribution in [0.25, 0.3) is 0 Å². The summed E-state index contributed by atoms with van der Waals surface area (Å²) in [5.74, 6) is 0.641. The monoisotopic (exact) mass is 257 g/mol. The molecule has 1 saturated carbocycles. The Kier molecular flexibility index (Phi) is 2.74. The fraction of sp³-hybridized carbons (Fsp3) is 0.500. The van der Waals surface area contributed by atoms with Gasteiger partial charge in [-0.05, 0) is 28.9 Å². The fourth-order valence-corrected chi connectivity index (χ4v) is 1.61. The number of halogens is 1. The third-order valence-corrected chi connectivity index (χ3v) is 3.19. The first-order valence-corrected chi connectivity index (χ1v) is 5.42. The first kappa shape index (κ1) is 9.93. The molecule has 0 radical (unpaired) electrons. The molecule has 0 aliphatic heterocycles. The van der Waals surface area contributed by atoms with E-state index in [2.05, 4.69) is 20.9 Å². The number of hydrogen-bond acceptors (Lipinski definition) is 3. The molecule has 1 heterocycles. The maximum atomic E-state index is 9.09. The van der Waals surface area contributed by atoms with Gasteiger partial charge in [0.1, 0.15) is 6.10 Å². The quantitative estimate of drug-likeness (QED) is 0.882. The third-order valence-electron chi connectivity index (χ3n) is 2.35. The Balaban J connectivity index is 2.00.